The lowest BCUT2D eigenvalue weighted by atomic mass is 10.1. The van der Waals surface area contributed by atoms with E-state index in [1.54, 1.807) is 43.5 Å². The predicted molar refractivity (Wildman–Crippen MR) is 101 cm³/mol. The summed E-state index contributed by atoms with van der Waals surface area (Å²) in [5, 5.41) is 5.39. The zero-order chi connectivity index (χ0) is 18.1. The van der Waals surface area contributed by atoms with Gasteiger partial charge in [0.05, 0.1) is 12.2 Å². The molecule has 2 rings (SSSR count). The molecule has 0 radical (unpaired) electrons. The van der Waals surface area contributed by atoms with E-state index >= 15 is 0 Å². The molecule has 2 aromatic rings. The van der Waals surface area contributed by atoms with E-state index in [1.807, 2.05) is 24.3 Å². The van der Waals surface area contributed by atoms with E-state index in [2.05, 4.69) is 26.6 Å². The van der Waals surface area contributed by atoms with E-state index in [4.69, 9.17) is 4.74 Å². The van der Waals surface area contributed by atoms with Crippen molar-refractivity contribution in [1.82, 2.24) is 10.6 Å². The molecule has 2 aromatic carbocycles. The van der Waals surface area contributed by atoms with Crippen LogP contribution in [0.4, 0.5) is 4.79 Å². The van der Waals surface area contributed by atoms with Crippen LogP contribution in [0.15, 0.2) is 59.2 Å². The van der Waals surface area contributed by atoms with Crippen LogP contribution < -0.4 is 10.6 Å². The third kappa shape index (κ3) is 6.43. The van der Waals surface area contributed by atoms with Crippen LogP contribution in [-0.2, 0) is 11.3 Å². The van der Waals surface area contributed by atoms with Crippen molar-refractivity contribution in [3.63, 3.8) is 0 Å². The Hall–Kier alpha value is -2.60. The van der Waals surface area contributed by atoms with Gasteiger partial charge in [-0.15, -0.1) is 0 Å². The summed E-state index contributed by atoms with van der Waals surface area (Å²) in [6.07, 6.45) is 3.39. The SMILES string of the molecule is CCOC(=O)c1ccc(CNC(=O)N/C=C/c2cccc(Br)c2)cc1. The van der Waals surface area contributed by atoms with Gasteiger partial charge < -0.3 is 15.4 Å². The maximum Gasteiger partial charge on any atom is 0.338 e. The molecule has 2 amide bonds. The monoisotopic (exact) mass is 402 g/mol. The van der Waals surface area contributed by atoms with E-state index in [9.17, 15) is 9.59 Å². The summed E-state index contributed by atoms with van der Waals surface area (Å²) in [7, 11) is 0. The highest BCUT2D eigenvalue weighted by atomic mass is 79.9. The second kappa shape index (κ2) is 9.64. The van der Waals surface area contributed by atoms with Crippen LogP contribution in [0.2, 0.25) is 0 Å². The molecule has 2 N–H and O–H groups in total. The summed E-state index contributed by atoms with van der Waals surface area (Å²) in [6, 6.07) is 14.4. The molecule has 0 aliphatic carbocycles. The molecule has 0 aliphatic rings. The molecule has 0 saturated carbocycles. The Labute approximate surface area is 155 Å². The molecule has 0 unspecified atom stereocenters. The number of halogens is 1. The standard InChI is InChI=1S/C19H19BrN2O3/c1-2-25-18(23)16-8-6-15(7-9-16)13-22-19(24)21-11-10-14-4-3-5-17(20)12-14/h3-12H,2,13H2,1H3,(H2,21,22,24)/b11-10+. The van der Waals surface area contributed by atoms with Gasteiger partial charge in [-0.2, -0.15) is 0 Å². The lowest BCUT2D eigenvalue weighted by Gasteiger charge is -2.06. The number of rotatable bonds is 6. The van der Waals surface area contributed by atoms with Gasteiger partial charge in [0.1, 0.15) is 0 Å². The summed E-state index contributed by atoms with van der Waals surface area (Å²) >= 11 is 3.39. The molecule has 0 fully saturated rings. The molecule has 0 bridgehead atoms. The molecule has 130 valence electrons. The van der Waals surface area contributed by atoms with Crippen LogP contribution in [0.1, 0.15) is 28.4 Å². The number of carbonyl (C=O) groups is 2. The summed E-state index contributed by atoms with van der Waals surface area (Å²) in [4.78, 5) is 23.3. The Morgan fingerprint density at radius 1 is 1.16 bits per heavy atom. The van der Waals surface area contributed by atoms with Gasteiger partial charge in [-0.25, -0.2) is 9.59 Å². The van der Waals surface area contributed by atoms with Gasteiger partial charge in [-0.3, -0.25) is 0 Å². The Bertz CT molecular complexity index is 758. The van der Waals surface area contributed by atoms with Crippen molar-refractivity contribution < 1.29 is 14.3 Å². The number of urea groups is 1. The van der Waals surface area contributed by atoms with Crippen LogP contribution in [0.5, 0.6) is 0 Å². The first kappa shape index (κ1) is 18.7. The van der Waals surface area contributed by atoms with Crippen molar-refractivity contribution >= 4 is 34.0 Å². The molecule has 0 aromatic heterocycles. The molecule has 0 atom stereocenters. The summed E-state index contributed by atoms with van der Waals surface area (Å²) in [5.74, 6) is -0.350. The number of carbonyl (C=O) groups excluding carboxylic acids is 2. The summed E-state index contributed by atoms with van der Waals surface area (Å²) < 4.78 is 5.90. The first-order chi connectivity index (χ1) is 12.1. The fraction of sp³-hybridized carbons (Fsp3) is 0.158. The molecule has 0 heterocycles. The second-order valence-corrected chi connectivity index (χ2v) is 6.05. The van der Waals surface area contributed by atoms with E-state index in [0.717, 1.165) is 15.6 Å². The number of ether oxygens (including phenoxy) is 1. The first-order valence-corrected chi connectivity index (χ1v) is 8.60. The normalized spacial score (nSPS) is 10.5. The van der Waals surface area contributed by atoms with E-state index < -0.39 is 0 Å². The molecule has 6 heteroatoms. The van der Waals surface area contributed by atoms with Gasteiger partial charge in [0.2, 0.25) is 0 Å². The second-order valence-electron chi connectivity index (χ2n) is 5.13. The van der Waals surface area contributed by atoms with Crippen molar-refractivity contribution in [1.29, 1.82) is 0 Å². The van der Waals surface area contributed by atoms with Crippen LogP contribution in [0.25, 0.3) is 6.08 Å². The maximum absolute atomic E-state index is 11.8. The van der Waals surface area contributed by atoms with Gasteiger partial charge in [0.15, 0.2) is 0 Å². The number of esters is 1. The molecule has 0 spiro atoms. The van der Waals surface area contributed by atoms with Crippen molar-refractivity contribution in [2.24, 2.45) is 0 Å². The van der Waals surface area contributed by atoms with Gasteiger partial charge in [-0.05, 0) is 48.4 Å². The minimum Gasteiger partial charge on any atom is -0.462 e. The largest absolute Gasteiger partial charge is 0.462 e. The van der Waals surface area contributed by atoms with Crippen LogP contribution in [0.3, 0.4) is 0 Å². The predicted octanol–water partition coefficient (Wildman–Crippen LogP) is 4.10. The number of nitrogens with one attached hydrogen (secondary N) is 2. The summed E-state index contributed by atoms with van der Waals surface area (Å²) in [6.45, 7) is 2.47. The lowest BCUT2D eigenvalue weighted by Crippen LogP contribution is -2.31. The van der Waals surface area contributed by atoms with Crippen molar-refractivity contribution in [3.8, 4) is 0 Å². The molecular formula is C19H19BrN2O3. The third-order valence-corrected chi connectivity index (χ3v) is 3.75. The van der Waals surface area contributed by atoms with Gasteiger partial charge >= 0.3 is 12.0 Å². The average molecular weight is 403 g/mol. The first-order valence-electron chi connectivity index (χ1n) is 7.81. The van der Waals surface area contributed by atoms with E-state index in [-0.39, 0.29) is 12.0 Å². The van der Waals surface area contributed by atoms with Crippen LogP contribution in [-0.4, -0.2) is 18.6 Å². The van der Waals surface area contributed by atoms with Crippen LogP contribution in [0, 0.1) is 0 Å². The Kier molecular flexibility index (Phi) is 7.22. The quantitative estimate of drug-likeness (QED) is 0.714. The lowest BCUT2D eigenvalue weighted by molar-refractivity contribution is 0.0526. The smallest absolute Gasteiger partial charge is 0.338 e. The zero-order valence-corrected chi connectivity index (χ0v) is 15.4. The highest BCUT2D eigenvalue weighted by Crippen LogP contribution is 2.12. The third-order valence-electron chi connectivity index (χ3n) is 3.26. The van der Waals surface area contributed by atoms with Gasteiger partial charge in [-0.1, -0.05) is 40.2 Å². The number of benzene rings is 2. The Morgan fingerprint density at radius 2 is 1.92 bits per heavy atom. The zero-order valence-electron chi connectivity index (χ0n) is 13.8. The Balaban J connectivity index is 1.78. The van der Waals surface area contributed by atoms with Crippen molar-refractivity contribution in [2.45, 2.75) is 13.5 Å². The fourth-order valence-electron chi connectivity index (χ4n) is 2.03. The topological polar surface area (TPSA) is 67.4 Å². The minimum atomic E-state index is -0.350. The molecule has 5 nitrogen and oxygen atoms in total. The van der Waals surface area contributed by atoms with Gasteiger partial charge in [0.25, 0.3) is 0 Å². The fourth-order valence-corrected chi connectivity index (χ4v) is 2.45. The maximum atomic E-state index is 11.8. The highest BCUT2D eigenvalue weighted by molar-refractivity contribution is 9.10. The minimum absolute atomic E-state index is 0.305. The van der Waals surface area contributed by atoms with Crippen molar-refractivity contribution in [3.05, 3.63) is 75.9 Å². The average Bonchev–Trinajstić information content (AvgIpc) is 2.61. The van der Waals surface area contributed by atoms with E-state index in [0.29, 0.717) is 18.7 Å². The molecular weight excluding hydrogens is 384 g/mol. The Morgan fingerprint density at radius 3 is 2.60 bits per heavy atom. The van der Waals surface area contributed by atoms with Crippen LogP contribution >= 0.6 is 15.9 Å². The summed E-state index contributed by atoms with van der Waals surface area (Å²) in [5.41, 5.74) is 2.36. The molecule has 0 aliphatic heterocycles. The number of amides is 2. The highest BCUT2D eigenvalue weighted by Gasteiger charge is 2.05. The van der Waals surface area contributed by atoms with Crippen molar-refractivity contribution in [2.75, 3.05) is 6.61 Å². The molecule has 0 saturated heterocycles. The molecule has 25 heavy (non-hydrogen) atoms. The van der Waals surface area contributed by atoms with E-state index in [1.165, 1.54) is 0 Å². The number of hydrogen-bond donors (Lipinski definition) is 2. The van der Waals surface area contributed by atoms with Gasteiger partial charge in [0, 0.05) is 17.2 Å². The number of hydrogen-bond acceptors (Lipinski definition) is 3.